The molecule has 3 heterocycles. The van der Waals surface area contributed by atoms with E-state index in [1.807, 2.05) is 24.0 Å². The molecule has 0 spiro atoms. The van der Waals surface area contributed by atoms with E-state index in [-0.39, 0.29) is 12.1 Å². The zero-order valence-corrected chi connectivity index (χ0v) is 14.1. The van der Waals surface area contributed by atoms with Gasteiger partial charge in [-0.05, 0) is 31.0 Å². The fourth-order valence-electron chi connectivity index (χ4n) is 3.48. The largest absolute Gasteiger partial charge is 0.490 e. The van der Waals surface area contributed by atoms with Crippen molar-refractivity contribution in [1.29, 1.82) is 0 Å². The van der Waals surface area contributed by atoms with Gasteiger partial charge in [-0.3, -0.25) is 0 Å². The number of imidazole rings is 1. The number of aromatic nitrogens is 2. The number of fused-ring (bicyclic) bond motifs is 2. The summed E-state index contributed by atoms with van der Waals surface area (Å²) in [6, 6.07) is 6.12. The molecular formula is C18H22N4O2. The van der Waals surface area contributed by atoms with Gasteiger partial charge >= 0.3 is 6.03 Å². The summed E-state index contributed by atoms with van der Waals surface area (Å²) >= 11 is 0. The second kappa shape index (κ2) is 5.85. The molecule has 1 aromatic carbocycles. The lowest BCUT2D eigenvalue weighted by atomic mass is 10.1. The Balaban J connectivity index is 1.37. The minimum Gasteiger partial charge on any atom is -0.490 e. The van der Waals surface area contributed by atoms with E-state index in [1.54, 1.807) is 0 Å². The van der Waals surface area contributed by atoms with Gasteiger partial charge in [-0.15, -0.1) is 0 Å². The fraction of sp³-hybridized carbons (Fsp3) is 0.444. The van der Waals surface area contributed by atoms with Crippen molar-refractivity contribution in [3.8, 4) is 5.75 Å². The fourth-order valence-corrected chi connectivity index (χ4v) is 3.48. The van der Waals surface area contributed by atoms with Crippen LogP contribution in [0.5, 0.6) is 5.75 Å². The number of hydrogen-bond donors (Lipinski definition) is 2. The van der Waals surface area contributed by atoms with Crippen LogP contribution in [0.15, 0.2) is 18.2 Å². The lowest BCUT2D eigenvalue weighted by Gasteiger charge is -2.26. The van der Waals surface area contributed by atoms with Crippen LogP contribution in [0.2, 0.25) is 0 Å². The van der Waals surface area contributed by atoms with Crippen LogP contribution in [-0.2, 0) is 25.9 Å². The van der Waals surface area contributed by atoms with Crippen LogP contribution < -0.4 is 10.1 Å². The summed E-state index contributed by atoms with van der Waals surface area (Å²) in [5.41, 5.74) is 4.47. The summed E-state index contributed by atoms with van der Waals surface area (Å²) in [6.45, 7) is 5.85. The molecule has 1 atom stereocenters. The van der Waals surface area contributed by atoms with Crippen LogP contribution in [0.3, 0.4) is 0 Å². The summed E-state index contributed by atoms with van der Waals surface area (Å²) in [5.74, 6) is 1.88. The Labute approximate surface area is 141 Å². The SMILES string of the molecule is Cc1nc2c([nH]1)CN(C(=O)NCc1ccc3c(c1)C[C@H](C)O3)CC2. The van der Waals surface area contributed by atoms with Crippen molar-refractivity contribution in [3.05, 3.63) is 46.5 Å². The molecule has 0 unspecified atom stereocenters. The van der Waals surface area contributed by atoms with Crippen LogP contribution in [0.1, 0.15) is 35.3 Å². The Morgan fingerprint density at radius 2 is 2.38 bits per heavy atom. The summed E-state index contributed by atoms with van der Waals surface area (Å²) in [4.78, 5) is 22.0. The number of nitrogens with one attached hydrogen (secondary N) is 2. The molecule has 2 amide bonds. The van der Waals surface area contributed by atoms with Crippen LogP contribution in [-0.4, -0.2) is 33.5 Å². The number of hydrogen-bond acceptors (Lipinski definition) is 3. The summed E-state index contributed by atoms with van der Waals surface area (Å²) in [7, 11) is 0. The molecule has 6 nitrogen and oxygen atoms in total. The second-order valence-electron chi connectivity index (χ2n) is 6.65. The molecule has 2 aromatic rings. The minimum atomic E-state index is -0.0296. The number of aryl methyl sites for hydroxylation is 1. The maximum absolute atomic E-state index is 12.4. The Morgan fingerprint density at radius 1 is 1.50 bits per heavy atom. The number of aromatic amines is 1. The lowest BCUT2D eigenvalue weighted by molar-refractivity contribution is 0.191. The summed E-state index contributed by atoms with van der Waals surface area (Å²) in [6.07, 6.45) is 1.98. The zero-order chi connectivity index (χ0) is 16.7. The molecule has 2 N–H and O–H groups in total. The number of H-pyrrole nitrogens is 1. The zero-order valence-electron chi connectivity index (χ0n) is 14.1. The van der Waals surface area contributed by atoms with E-state index < -0.39 is 0 Å². The van der Waals surface area contributed by atoms with Crippen molar-refractivity contribution in [2.45, 2.75) is 45.9 Å². The molecule has 0 saturated heterocycles. The topological polar surface area (TPSA) is 70.2 Å². The Morgan fingerprint density at radius 3 is 3.25 bits per heavy atom. The highest BCUT2D eigenvalue weighted by Crippen LogP contribution is 2.29. The molecule has 24 heavy (non-hydrogen) atoms. The minimum absolute atomic E-state index is 0.0296. The number of ether oxygens (including phenoxy) is 1. The van der Waals surface area contributed by atoms with E-state index in [4.69, 9.17) is 4.74 Å². The Hall–Kier alpha value is -2.50. The Kier molecular flexibility index (Phi) is 3.67. The molecule has 1 aromatic heterocycles. The van der Waals surface area contributed by atoms with Crippen LogP contribution in [0, 0.1) is 6.92 Å². The van der Waals surface area contributed by atoms with E-state index in [1.165, 1.54) is 5.56 Å². The predicted octanol–water partition coefficient (Wildman–Crippen LogP) is 2.31. The van der Waals surface area contributed by atoms with Gasteiger partial charge in [-0.2, -0.15) is 0 Å². The van der Waals surface area contributed by atoms with Gasteiger partial charge in [-0.1, -0.05) is 12.1 Å². The molecule has 0 aliphatic carbocycles. The Bertz CT molecular complexity index is 783. The lowest BCUT2D eigenvalue weighted by Crippen LogP contribution is -2.42. The quantitative estimate of drug-likeness (QED) is 0.890. The first-order valence-electron chi connectivity index (χ1n) is 8.44. The van der Waals surface area contributed by atoms with Gasteiger partial charge in [0.25, 0.3) is 0 Å². The van der Waals surface area contributed by atoms with Gasteiger partial charge in [0.15, 0.2) is 0 Å². The average molecular weight is 326 g/mol. The first-order chi connectivity index (χ1) is 11.6. The van der Waals surface area contributed by atoms with Crippen molar-refractivity contribution in [2.24, 2.45) is 0 Å². The van der Waals surface area contributed by atoms with Gasteiger partial charge in [0.05, 0.1) is 17.9 Å². The smallest absolute Gasteiger partial charge is 0.318 e. The highest BCUT2D eigenvalue weighted by Gasteiger charge is 2.23. The van der Waals surface area contributed by atoms with Crippen molar-refractivity contribution in [2.75, 3.05) is 6.54 Å². The van der Waals surface area contributed by atoms with E-state index >= 15 is 0 Å². The maximum atomic E-state index is 12.4. The third-order valence-corrected chi connectivity index (χ3v) is 4.64. The van der Waals surface area contributed by atoms with Crippen molar-refractivity contribution in [1.82, 2.24) is 20.2 Å². The number of carbonyl (C=O) groups is 1. The molecule has 0 radical (unpaired) electrons. The van der Waals surface area contributed by atoms with Gasteiger partial charge < -0.3 is 19.9 Å². The first-order valence-corrected chi connectivity index (χ1v) is 8.44. The number of nitrogens with zero attached hydrogens (tertiary/aromatic N) is 2. The highest BCUT2D eigenvalue weighted by atomic mass is 16.5. The summed E-state index contributed by atoms with van der Waals surface area (Å²) in [5, 5.41) is 3.02. The molecule has 2 aliphatic rings. The predicted molar refractivity (Wildman–Crippen MR) is 89.9 cm³/mol. The number of carbonyl (C=O) groups excluding carboxylic acids is 1. The number of rotatable bonds is 2. The monoisotopic (exact) mass is 326 g/mol. The van der Waals surface area contributed by atoms with Crippen molar-refractivity contribution < 1.29 is 9.53 Å². The van der Waals surface area contributed by atoms with E-state index in [9.17, 15) is 4.79 Å². The second-order valence-corrected chi connectivity index (χ2v) is 6.65. The van der Waals surface area contributed by atoms with Gasteiger partial charge in [0, 0.05) is 25.9 Å². The number of benzene rings is 1. The van der Waals surface area contributed by atoms with Crippen LogP contribution in [0.25, 0.3) is 0 Å². The third-order valence-electron chi connectivity index (χ3n) is 4.64. The number of urea groups is 1. The van der Waals surface area contributed by atoms with Gasteiger partial charge in [-0.25, -0.2) is 9.78 Å². The van der Waals surface area contributed by atoms with E-state index in [0.29, 0.717) is 19.6 Å². The molecule has 4 rings (SSSR count). The molecule has 0 saturated carbocycles. The molecule has 0 fully saturated rings. The molecule has 126 valence electrons. The molecular weight excluding hydrogens is 304 g/mol. The van der Waals surface area contributed by atoms with Crippen LogP contribution >= 0.6 is 0 Å². The van der Waals surface area contributed by atoms with Gasteiger partial charge in [0.2, 0.25) is 0 Å². The normalized spacial score (nSPS) is 18.8. The molecule has 6 heteroatoms. The molecule has 2 aliphatic heterocycles. The molecule has 0 bridgehead atoms. The highest BCUT2D eigenvalue weighted by molar-refractivity contribution is 5.74. The summed E-state index contributed by atoms with van der Waals surface area (Å²) < 4.78 is 5.71. The van der Waals surface area contributed by atoms with Crippen LogP contribution in [0.4, 0.5) is 4.79 Å². The van der Waals surface area contributed by atoms with E-state index in [2.05, 4.69) is 28.3 Å². The average Bonchev–Trinajstić information content (AvgIpc) is 3.11. The van der Waals surface area contributed by atoms with E-state index in [0.717, 1.165) is 41.4 Å². The third kappa shape index (κ3) is 2.84. The van der Waals surface area contributed by atoms with Gasteiger partial charge in [0.1, 0.15) is 17.7 Å². The van der Waals surface area contributed by atoms with Crippen molar-refractivity contribution in [3.63, 3.8) is 0 Å². The maximum Gasteiger partial charge on any atom is 0.318 e. The standard InChI is InChI=1S/C18H22N4O2/c1-11-7-14-8-13(3-4-17(14)24-11)9-19-18(23)22-6-5-15-16(10-22)21-12(2)20-15/h3-4,8,11H,5-7,9-10H2,1-2H3,(H,19,23)(H,20,21)/t11-/m0/s1. The van der Waals surface area contributed by atoms with Crippen molar-refractivity contribution >= 4 is 6.03 Å². The number of amides is 2. The first kappa shape index (κ1) is 15.1.